The monoisotopic (exact) mass is 598 g/mol. The van der Waals surface area contributed by atoms with Gasteiger partial charge < -0.3 is 25.0 Å². The van der Waals surface area contributed by atoms with Crippen molar-refractivity contribution in [2.75, 3.05) is 42.5 Å². The number of aromatic hydroxyl groups is 1. The summed E-state index contributed by atoms with van der Waals surface area (Å²) in [7, 11) is 13.5. The van der Waals surface area contributed by atoms with Crippen LogP contribution in [-0.4, -0.2) is 91.4 Å². The van der Waals surface area contributed by atoms with E-state index in [0.717, 1.165) is 88.2 Å². The van der Waals surface area contributed by atoms with Crippen molar-refractivity contribution < 1.29 is 23.0 Å². The largest absolute Gasteiger partial charge is 0.508 e. The first-order valence-corrected chi connectivity index (χ1v) is 15.1. The van der Waals surface area contributed by atoms with Crippen LogP contribution in [0.3, 0.4) is 0 Å². The van der Waals surface area contributed by atoms with Crippen molar-refractivity contribution in [1.29, 1.82) is 0 Å². The van der Waals surface area contributed by atoms with Crippen LogP contribution in [0.5, 0.6) is 11.8 Å². The zero-order chi connectivity index (χ0) is 29.4. The Kier molecular flexibility index (Phi) is 6.82. The number of halogens is 4. The lowest BCUT2D eigenvalue weighted by Crippen LogP contribution is -2.63. The molecule has 4 fully saturated rings. The van der Waals surface area contributed by atoms with Gasteiger partial charge in [-0.1, -0.05) is 11.6 Å². The molecule has 1 aromatic heterocycles. The minimum absolute atomic E-state index is 0.0274. The molecule has 0 saturated carbocycles. The van der Waals surface area contributed by atoms with Gasteiger partial charge in [0.1, 0.15) is 27.3 Å². The summed E-state index contributed by atoms with van der Waals surface area (Å²) in [5.74, 6) is 0.381. The van der Waals surface area contributed by atoms with Crippen molar-refractivity contribution in [3.63, 3.8) is 0 Å². The first-order chi connectivity index (χ1) is 19.9. The number of rotatable bonds is 5. The van der Waals surface area contributed by atoms with Gasteiger partial charge in [0.15, 0.2) is 0 Å². The third kappa shape index (κ3) is 4.70. The van der Waals surface area contributed by atoms with Crippen LogP contribution in [-0.2, 0) is 19.1 Å². The molecule has 2 N–H and O–H groups in total. The lowest BCUT2D eigenvalue weighted by molar-refractivity contribution is -0.137. The van der Waals surface area contributed by atoms with Crippen LogP contribution in [0.4, 0.5) is 24.7 Å². The van der Waals surface area contributed by atoms with Crippen molar-refractivity contribution >= 4 is 38.8 Å². The van der Waals surface area contributed by atoms with E-state index in [2.05, 4.69) is 15.1 Å². The second-order valence-corrected chi connectivity index (χ2v) is 12.8. The Morgan fingerprint density at radius 3 is 2.38 bits per heavy atom. The number of aromatic nitrogens is 2. The normalized spacial score (nSPS) is 25.5. The third-order valence-electron chi connectivity index (χ3n) is 9.85. The molecule has 2 unspecified atom stereocenters. The first kappa shape index (κ1) is 28.4. The number of piperazine rings is 1. The molecule has 1 aromatic carbocycles. The summed E-state index contributed by atoms with van der Waals surface area (Å²) >= 11 is 6.01. The molecule has 0 amide bonds. The summed E-state index contributed by atoms with van der Waals surface area (Å²) in [6.07, 6.45) is 1.43. The molecule has 220 valence electrons. The van der Waals surface area contributed by atoms with Gasteiger partial charge in [0.2, 0.25) is 0 Å². The van der Waals surface area contributed by atoms with E-state index in [0.29, 0.717) is 24.2 Å². The Morgan fingerprint density at radius 1 is 1.02 bits per heavy atom. The number of hydrogen-bond donors (Lipinski definition) is 2. The molecule has 14 heteroatoms. The van der Waals surface area contributed by atoms with Gasteiger partial charge in [0.25, 0.3) is 0 Å². The summed E-state index contributed by atoms with van der Waals surface area (Å²) in [5.41, 5.74) is -0.283. The number of fused-ring (bicyclic) bond motifs is 4. The highest BCUT2D eigenvalue weighted by Gasteiger charge is 2.55. The first-order valence-electron chi connectivity index (χ1n) is 14.7. The van der Waals surface area contributed by atoms with Gasteiger partial charge >= 0.3 is 12.2 Å². The van der Waals surface area contributed by atoms with Gasteiger partial charge in [-0.15, -0.1) is 0 Å². The lowest BCUT2D eigenvalue weighted by Gasteiger charge is -2.47. The van der Waals surface area contributed by atoms with Crippen molar-refractivity contribution in [1.82, 2.24) is 20.2 Å². The molecule has 42 heavy (non-hydrogen) atoms. The van der Waals surface area contributed by atoms with Crippen LogP contribution in [0.15, 0.2) is 12.1 Å². The van der Waals surface area contributed by atoms with Crippen LogP contribution < -0.4 is 19.9 Å². The minimum Gasteiger partial charge on any atom is -0.508 e. The molecule has 4 saturated heterocycles. The maximum atomic E-state index is 14.1. The SMILES string of the molecule is [B]C([B])(Oc1nc2c(c(N3CC4CCC(C3)N4)n1)CCN(c1cc(O)cc(Cl)c1C(F)(F)F)C2)C12CCCN1CCC2. The van der Waals surface area contributed by atoms with Gasteiger partial charge in [0.05, 0.1) is 28.5 Å². The number of nitrogens with one attached hydrogen (secondary N) is 1. The Bertz CT molecular complexity index is 1380. The summed E-state index contributed by atoms with van der Waals surface area (Å²) < 4.78 is 48.6. The molecule has 2 aromatic rings. The average Bonchev–Trinajstić information content (AvgIpc) is 3.61. The molecular formula is C28H32B2ClF3N6O2. The van der Waals surface area contributed by atoms with E-state index < -0.39 is 27.7 Å². The molecule has 0 aliphatic carbocycles. The second-order valence-electron chi connectivity index (χ2n) is 12.4. The van der Waals surface area contributed by atoms with E-state index in [9.17, 15) is 18.3 Å². The number of phenols is 1. The molecule has 4 radical (unpaired) electrons. The Morgan fingerprint density at radius 2 is 1.71 bits per heavy atom. The Labute approximate surface area is 250 Å². The van der Waals surface area contributed by atoms with Gasteiger partial charge in [0, 0.05) is 54.3 Å². The highest BCUT2D eigenvalue weighted by molar-refractivity contribution is 6.40. The smallest absolute Gasteiger partial charge is 0.419 e. The quantitative estimate of drug-likeness (QED) is 0.508. The summed E-state index contributed by atoms with van der Waals surface area (Å²) in [5, 5.41) is 11.7. The standard InChI is InChI=1S/C28H32B2ClF3N6O2/c29-28(30,26-6-1-8-40(26)9-2-7-26)42-25-36-21-15-38(22-12-18(41)11-20(31)23(22)27(32,33)34)10-5-19(21)24(37-25)39-13-16-3-4-17(14-39)35-16/h11-12,16-17,35,41H,1-10,13-15H2. The van der Waals surface area contributed by atoms with E-state index in [1.807, 2.05) is 0 Å². The maximum absolute atomic E-state index is 14.1. The highest BCUT2D eigenvalue weighted by atomic mass is 35.5. The lowest BCUT2D eigenvalue weighted by atomic mass is 9.53. The van der Waals surface area contributed by atoms with Crippen molar-refractivity contribution in [2.24, 2.45) is 0 Å². The van der Waals surface area contributed by atoms with E-state index >= 15 is 0 Å². The van der Waals surface area contributed by atoms with E-state index in [-0.39, 0.29) is 30.5 Å². The van der Waals surface area contributed by atoms with E-state index in [1.165, 1.54) is 0 Å². The predicted octanol–water partition coefficient (Wildman–Crippen LogP) is 3.36. The zero-order valence-electron chi connectivity index (χ0n) is 23.3. The molecule has 2 bridgehead atoms. The second kappa shape index (κ2) is 10.1. The van der Waals surface area contributed by atoms with Gasteiger partial charge in [-0.05, 0) is 64.1 Å². The maximum Gasteiger partial charge on any atom is 0.419 e. The number of nitrogens with zero attached hydrogens (tertiary/aromatic N) is 5. The fourth-order valence-electron chi connectivity index (χ4n) is 7.97. The summed E-state index contributed by atoms with van der Waals surface area (Å²) in [4.78, 5) is 15.7. The van der Waals surface area contributed by atoms with Crippen molar-refractivity contribution in [3.8, 4) is 11.8 Å². The zero-order valence-corrected chi connectivity index (χ0v) is 24.0. The topological polar surface area (TPSA) is 77.0 Å². The highest BCUT2D eigenvalue weighted by Crippen LogP contribution is 2.47. The Hall–Kier alpha value is -2.37. The van der Waals surface area contributed by atoms with Gasteiger partial charge in [-0.3, -0.25) is 4.90 Å². The fourth-order valence-corrected chi connectivity index (χ4v) is 8.28. The summed E-state index contributed by atoms with van der Waals surface area (Å²) in [6.45, 7) is 3.64. The van der Waals surface area contributed by atoms with Crippen molar-refractivity contribution in [2.45, 2.75) is 80.7 Å². The van der Waals surface area contributed by atoms with Gasteiger partial charge in [-0.25, -0.2) is 0 Å². The van der Waals surface area contributed by atoms with Crippen LogP contribution in [0.2, 0.25) is 5.02 Å². The van der Waals surface area contributed by atoms with E-state index in [1.54, 1.807) is 4.90 Å². The molecule has 0 spiro atoms. The number of ether oxygens (including phenoxy) is 1. The molecule has 6 heterocycles. The predicted molar refractivity (Wildman–Crippen MR) is 155 cm³/mol. The number of anilines is 2. The fraction of sp³-hybridized carbons (Fsp3) is 0.643. The molecule has 8 nitrogen and oxygen atoms in total. The Balaban J connectivity index is 1.28. The van der Waals surface area contributed by atoms with Crippen LogP contribution in [0, 0.1) is 0 Å². The van der Waals surface area contributed by atoms with Crippen molar-refractivity contribution in [3.05, 3.63) is 34.0 Å². The van der Waals surface area contributed by atoms with Crippen LogP contribution in [0.1, 0.15) is 55.3 Å². The number of benzene rings is 1. The number of hydrogen-bond acceptors (Lipinski definition) is 8. The molecule has 2 atom stereocenters. The van der Waals surface area contributed by atoms with Gasteiger partial charge in [-0.2, -0.15) is 23.1 Å². The molecular weight excluding hydrogens is 566 g/mol. The molecule has 5 aliphatic heterocycles. The molecule has 5 aliphatic rings. The van der Waals surface area contributed by atoms with E-state index in [4.69, 9.17) is 42.0 Å². The average molecular weight is 599 g/mol. The summed E-state index contributed by atoms with van der Waals surface area (Å²) in [6, 6.07) is 2.73. The number of alkyl halides is 3. The molecule has 7 rings (SSSR count). The number of phenolic OH excluding ortho intramolecular Hbond substituents is 1. The van der Waals surface area contributed by atoms with Crippen LogP contribution in [0.25, 0.3) is 0 Å². The van der Waals surface area contributed by atoms with Crippen LogP contribution >= 0.6 is 11.6 Å². The third-order valence-corrected chi connectivity index (χ3v) is 10.1. The minimum atomic E-state index is -4.71.